The van der Waals surface area contributed by atoms with Crippen LogP contribution in [-0.2, 0) is 6.42 Å². The van der Waals surface area contributed by atoms with E-state index in [9.17, 15) is 9.28 Å². The summed E-state index contributed by atoms with van der Waals surface area (Å²) in [6.45, 7) is 2.66. The number of hydrogen-bond acceptors (Lipinski definition) is 8. The molecule has 170 valence electrons. The van der Waals surface area contributed by atoms with Gasteiger partial charge in [0.2, 0.25) is 5.95 Å². The Hall–Kier alpha value is -3.28. The van der Waals surface area contributed by atoms with Crippen LogP contribution in [-0.4, -0.2) is 68.4 Å². The van der Waals surface area contributed by atoms with Gasteiger partial charge in [-0.15, -0.1) is 4.48 Å². The highest BCUT2D eigenvalue weighted by Gasteiger charge is 2.44. The average molecular weight is 445 g/mol. The number of piperidine rings is 1. The Morgan fingerprint density at radius 1 is 1.22 bits per heavy atom. The number of aromatic nitrogens is 4. The highest BCUT2D eigenvalue weighted by Crippen LogP contribution is 2.34. The number of carbonyl (C=O) groups is 1. The molecule has 0 radical (unpaired) electrons. The Labute approximate surface area is 184 Å². The lowest BCUT2D eigenvalue weighted by Crippen LogP contribution is -2.55. The molecule has 0 bridgehead atoms. The fourth-order valence-corrected chi connectivity index (χ4v) is 3.84. The molecule has 1 aliphatic heterocycles. The van der Waals surface area contributed by atoms with Crippen LogP contribution in [0.15, 0.2) is 24.8 Å². The van der Waals surface area contributed by atoms with Crippen molar-refractivity contribution in [2.45, 2.75) is 50.9 Å². The number of carbonyl (C=O) groups excluding carboxylic acids is 1. The lowest BCUT2D eigenvalue weighted by Gasteiger charge is -2.40. The van der Waals surface area contributed by atoms with Crippen molar-refractivity contribution in [3.8, 4) is 0 Å². The molecule has 10 nitrogen and oxygen atoms in total. The van der Waals surface area contributed by atoms with Gasteiger partial charge in [0.25, 0.3) is 5.91 Å². The normalized spacial score (nSPS) is 20.7. The van der Waals surface area contributed by atoms with E-state index in [-0.39, 0.29) is 24.1 Å². The average Bonchev–Trinajstić information content (AvgIpc) is 3.67. The van der Waals surface area contributed by atoms with Gasteiger partial charge in [-0.25, -0.2) is 29.3 Å². The Morgan fingerprint density at radius 2 is 1.97 bits per heavy atom. The number of aryl methyl sites for hydroxylation is 1. The first kappa shape index (κ1) is 21.9. The van der Waals surface area contributed by atoms with Crippen molar-refractivity contribution in [2.24, 2.45) is 0 Å². The van der Waals surface area contributed by atoms with E-state index in [0.717, 1.165) is 24.8 Å². The van der Waals surface area contributed by atoms with Crippen LogP contribution in [0, 0.1) is 5.41 Å². The molecule has 12 heteroatoms. The molecular formula is C20H25F2N9O. The fraction of sp³-hybridized carbons (Fsp3) is 0.500. The highest BCUT2D eigenvalue weighted by molar-refractivity contribution is 5.93. The van der Waals surface area contributed by atoms with Gasteiger partial charge in [0.15, 0.2) is 5.82 Å². The van der Waals surface area contributed by atoms with Gasteiger partial charge in [-0.2, -0.15) is 0 Å². The number of hydrogen-bond donors (Lipinski definition) is 2. The molecular weight excluding hydrogens is 420 g/mol. The maximum atomic E-state index is 15.3. The number of hydrazine groups is 1. The van der Waals surface area contributed by atoms with Crippen LogP contribution < -0.4 is 15.6 Å². The molecule has 1 amide bonds. The third kappa shape index (κ3) is 4.49. The first-order chi connectivity index (χ1) is 15.5. The summed E-state index contributed by atoms with van der Waals surface area (Å²) in [5.41, 5.74) is 2.35. The second-order valence-corrected chi connectivity index (χ2v) is 7.85. The molecule has 3 heterocycles. The molecule has 1 saturated carbocycles. The van der Waals surface area contributed by atoms with Crippen molar-refractivity contribution in [1.82, 2.24) is 30.5 Å². The van der Waals surface area contributed by atoms with E-state index in [2.05, 4.69) is 19.9 Å². The van der Waals surface area contributed by atoms with Crippen LogP contribution in [0.5, 0.6) is 0 Å². The van der Waals surface area contributed by atoms with E-state index < -0.39 is 18.1 Å². The van der Waals surface area contributed by atoms with Crippen LogP contribution in [0.25, 0.3) is 0 Å². The molecule has 2 aromatic heterocycles. The van der Waals surface area contributed by atoms with E-state index in [0.29, 0.717) is 30.3 Å². The van der Waals surface area contributed by atoms with Crippen molar-refractivity contribution in [1.29, 1.82) is 5.41 Å². The summed E-state index contributed by atoms with van der Waals surface area (Å²) in [6.07, 6.45) is 8.24. The molecule has 0 unspecified atom stereocenters. The Balaban J connectivity index is 1.47. The Bertz CT molecular complexity index is 939. The van der Waals surface area contributed by atoms with Crippen molar-refractivity contribution in [3.05, 3.63) is 36.0 Å². The molecule has 0 aromatic carbocycles. The number of amides is 1. The molecule has 1 saturated heterocycles. The van der Waals surface area contributed by atoms with Crippen LogP contribution in [0.1, 0.15) is 42.2 Å². The van der Waals surface area contributed by atoms with Crippen LogP contribution in [0.3, 0.4) is 0 Å². The van der Waals surface area contributed by atoms with Gasteiger partial charge in [-0.3, -0.25) is 10.2 Å². The number of nitrogens with zero attached hydrogens (tertiary/aromatic N) is 7. The molecule has 2 N–H and O–H groups in total. The topological polar surface area (TPSA) is 114 Å². The van der Waals surface area contributed by atoms with Gasteiger partial charge in [-0.05, 0) is 31.2 Å². The number of halogens is 2. The third-order valence-corrected chi connectivity index (χ3v) is 5.75. The number of rotatable bonds is 8. The maximum Gasteiger partial charge on any atom is 0.274 e. The zero-order chi connectivity index (χ0) is 22.7. The first-order valence-electron chi connectivity index (χ1n) is 10.6. The first-order valence-corrected chi connectivity index (χ1v) is 10.6. The lowest BCUT2D eigenvalue weighted by atomic mass is 10.0. The van der Waals surface area contributed by atoms with E-state index in [4.69, 9.17) is 5.41 Å². The monoisotopic (exact) mass is 445 g/mol. The van der Waals surface area contributed by atoms with Gasteiger partial charge >= 0.3 is 0 Å². The van der Waals surface area contributed by atoms with Crippen LogP contribution in [0.2, 0.25) is 0 Å². The molecule has 1 aliphatic carbocycles. The number of nitrogens with one attached hydrogen (secondary N) is 2. The SMILES string of the molecule is CCc1cnc(N2CC[C@@H](N(C(=O)c3cnc(N(C=N)NF)cn3)C3CC3)[C@@H](F)C2)nc1. The minimum Gasteiger partial charge on any atom is -0.338 e. The summed E-state index contributed by atoms with van der Waals surface area (Å²) in [6, 6.07) is -0.599. The van der Waals surface area contributed by atoms with Crippen molar-refractivity contribution in [3.63, 3.8) is 0 Å². The standard InChI is InChI=1S/C20H25F2N9O/c1-2-13-7-26-20(27-8-13)29-6-5-17(15(21)11-29)31(14-3-4-14)19(32)16-9-25-18(10-24-16)30(12-23)28-22/h7-10,12,14-15,17,23,28H,2-6,11H2,1H3/t15-,17+/m0/s1. The third-order valence-electron chi connectivity index (χ3n) is 5.75. The second-order valence-electron chi connectivity index (χ2n) is 7.85. The van der Waals surface area contributed by atoms with Crippen molar-refractivity contribution >= 4 is 24.0 Å². The summed E-state index contributed by atoms with van der Waals surface area (Å²) in [7, 11) is 0. The van der Waals surface area contributed by atoms with E-state index in [1.54, 1.807) is 22.2 Å². The predicted molar refractivity (Wildman–Crippen MR) is 114 cm³/mol. The van der Waals surface area contributed by atoms with Crippen molar-refractivity contribution < 1.29 is 13.7 Å². The van der Waals surface area contributed by atoms with Gasteiger partial charge in [-0.1, -0.05) is 12.6 Å². The van der Waals surface area contributed by atoms with Gasteiger partial charge in [0.1, 0.15) is 18.2 Å². The quantitative estimate of drug-likeness (QED) is 0.274. The molecule has 2 fully saturated rings. The Kier molecular flexibility index (Phi) is 6.49. The fourth-order valence-electron chi connectivity index (χ4n) is 3.84. The number of alkyl halides is 1. The van der Waals surface area contributed by atoms with Crippen molar-refractivity contribution in [2.75, 3.05) is 23.0 Å². The summed E-state index contributed by atoms with van der Waals surface area (Å²) in [5, 5.41) is 7.82. The van der Waals surface area contributed by atoms with Gasteiger partial charge in [0.05, 0.1) is 25.0 Å². The summed E-state index contributed by atoms with van der Waals surface area (Å²) in [4.78, 5) is 33.3. The van der Waals surface area contributed by atoms with E-state index >= 15 is 4.39 Å². The van der Waals surface area contributed by atoms with Crippen LogP contribution in [0.4, 0.5) is 20.6 Å². The van der Waals surface area contributed by atoms with Gasteiger partial charge in [0, 0.05) is 25.0 Å². The molecule has 2 atom stereocenters. The molecule has 2 aromatic rings. The zero-order valence-corrected chi connectivity index (χ0v) is 17.7. The smallest absolute Gasteiger partial charge is 0.274 e. The minimum absolute atomic E-state index is 0.0165. The van der Waals surface area contributed by atoms with E-state index in [1.165, 1.54) is 18.0 Å². The molecule has 2 aliphatic rings. The summed E-state index contributed by atoms with van der Waals surface area (Å²) in [5.74, 6) is 0.111. The minimum atomic E-state index is -1.26. The number of anilines is 2. The largest absolute Gasteiger partial charge is 0.338 e. The summed E-state index contributed by atoms with van der Waals surface area (Å²) >= 11 is 0. The zero-order valence-electron chi connectivity index (χ0n) is 17.7. The second kappa shape index (κ2) is 9.47. The highest BCUT2D eigenvalue weighted by atomic mass is 19.2. The summed E-state index contributed by atoms with van der Waals surface area (Å²) < 4.78 is 27.9. The Morgan fingerprint density at radius 3 is 2.50 bits per heavy atom. The van der Waals surface area contributed by atoms with E-state index in [1.807, 2.05) is 6.92 Å². The maximum absolute atomic E-state index is 15.3. The molecule has 32 heavy (non-hydrogen) atoms. The predicted octanol–water partition coefficient (Wildman–Crippen LogP) is 1.85. The van der Waals surface area contributed by atoms with Gasteiger partial charge < -0.3 is 9.80 Å². The molecule has 4 rings (SSSR count). The lowest BCUT2D eigenvalue weighted by molar-refractivity contribution is 0.0480. The van der Waals surface area contributed by atoms with Crippen LogP contribution >= 0.6 is 0 Å². The molecule has 0 spiro atoms.